The van der Waals surface area contributed by atoms with Gasteiger partial charge in [0.1, 0.15) is 30.2 Å². The summed E-state index contributed by atoms with van der Waals surface area (Å²) in [5, 5.41) is 39.2. The smallest absolute Gasteiger partial charge is 0.326 e. The maximum absolute atomic E-state index is 13.2. The van der Waals surface area contributed by atoms with Crippen LogP contribution >= 0.6 is 0 Å². The van der Waals surface area contributed by atoms with Crippen LogP contribution in [-0.2, 0) is 49.6 Å². The molecule has 1 heterocycles. The Morgan fingerprint density at radius 2 is 1.18 bits per heavy atom. The third-order valence-corrected chi connectivity index (χ3v) is 6.56. The van der Waals surface area contributed by atoms with Gasteiger partial charge in [0.2, 0.25) is 41.4 Å². The van der Waals surface area contributed by atoms with Crippen LogP contribution < -0.4 is 43.8 Å². The van der Waals surface area contributed by atoms with Crippen molar-refractivity contribution in [3.8, 4) is 0 Å². The fourth-order valence-corrected chi connectivity index (χ4v) is 4.18. The molecule has 0 aliphatic carbocycles. The molecule has 0 aliphatic rings. The monoisotopic (exact) mass is 698 g/mol. The molecule has 0 saturated carbocycles. The van der Waals surface area contributed by atoms with Gasteiger partial charge in [-0.25, -0.2) is 9.78 Å². The van der Waals surface area contributed by atoms with Crippen molar-refractivity contribution in [2.75, 3.05) is 6.61 Å². The highest BCUT2D eigenvalue weighted by atomic mass is 16.4. The van der Waals surface area contributed by atoms with E-state index in [1.54, 1.807) is 13.8 Å². The molecule has 49 heavy (non-hydrogen) atoms. The molecule has 0 fully saturated rings. The molecule has 0 unspecified atom stereocenters. The maximum Gasteiger partial charge on any atom is 0.326 e. The van der Waals surface area contributed by atoms with Crippen molar-refractivity contribution in [3.05, 3.63) is 18.2 Å². The number of nitrogens with two attached hydrogens (primary N) is 3. The van der Waals surface area contributed by atoms with Crippen LogP contribution in [0.2, 0.25) is 0 Å². The maximum atomic E-state index is 13.2. The van der Waals surface area contributed by atoms with Crippen molar-refractivity contribution >= 4 is 53.3 Å². The number of hydrogen-bond donors (Lipinski definition) is 12. The second kappa shape index (κ2) is 19.9. The number of amides is 7. The molecule has 7 amide bonds. The highest BCUT2D eigenvalue weighted by molar-refractivity contribution is 5.98. The van der Waals surface area contributed by atoms with Gasteiger partial charge in [0.25, 0.3) is 0 Å². The average Bonchev–Trinajstić information content (AvgIpc) is 3.50. The van der Waals surface area contributed by atoms with Gasteiger partial charge in [-0.15, -0.1) is 0 Å². The Hall–Kier alpha value is -5.64. The Labute approximate surface area is 278 Å². The lowest BCUT2D eigenvalue weighted by atomic mass is 10.0. The number of rotatable bonds is 22. The number of aromatic amines is 1. The molecule has 1 aromatic heterocycles. The zero-order valence-corrected chi connectivity index (χ0v) is 26.6. The molecule has 22 nitrogen and oxygen atoms in total. The second-order valence-corrected chi connectivity index (χ2v) is 11.3. The van der Waals surface area contributed by atoms with E-state index in [9.17, 15) is 53.4 Å². The Morgan fingerprint density at radius 3 is 1.67 bits per heavy atom. The normalized spacial score (nSPS) is 14.6. The van der Waals surface area contributed by atoms with E-state index in [1.807, 2.05) is 0 Å². The Bertz CT molecular complexity index is 1370. The molecule has 0 radical (unpaired) electrons. The largest absolute Gasteiger partial charge is 0.481 e. The molecule has 272 valence electrons. The first-order valence-corrected chi connectivity index (χ1v) is 14.7. The molecular weight excluding hydrogens is 656 g/mol. The van der Waals surface area contributed by atoms with Crippen LogP contribution in [0.1, 0.15) is 45.2 Å². The summed E-state index contributed by atoms with van der Waals surface area (Å²) >= 11 is 0. The van der Waals surface area contributed by atoms with Gasteiger partial charge in [-0.1, -0.05) is 13.8 Å². The number of carboxylic acids is 2. The minimum Gasteiger partial charge on any atom is -0.481 e. The van der Waals surface area contributed by atoms with Gasteiger partial charge in [-0.05, 0) is 12.3 Å². The summed E-state index contributed by atoms with van der Waals surface area (Å²) in [6.45, 7) is 2.32. The summed E-state index contributed by atoms with van der Waals surface area (Å²) in [4.78, 5) is 117. The molecular formula is C27H42N10O12. The van der Waals surface area contributed by atoms with Gasteiger partial charge in [-0.2, -0.15) is 0 Å². The minimum absolute atomic E-state index is 0.00803. The van der Waals surface area contributed by atoms with Gasteiger partial charge in [0.05, 0.1) is 38.2 Å². The van der Waals surface area contributed by atoms with Crippen LogP contribution in [0, 0.1) is 5.92 Å². The Kier molecular flexibility index (Phi) is 16.8. The summed E-state index contributed by atoms with van der Waals surface area (Å²) in [5.41, 5.74) is 16.2. The van der Waals surface area contributed by atoms with Gasteiger partial charge in [-0.3, -0.25) is 38.4 Å². The second-order valence-electron chi connectivity index (χ2n) is 11.3. The van der Waals surface area contributed by atoms with Crippen molar-refractivity contribution < 1.29 is 58.5 Å². The molecule has 0 spiro atoms. The number of carboxylic acid groups (broad SMARTS) is 2. The Morgan fingerprint density at radius 1 is 0.714 bits per heavy atom. The van der Waals surface area contributed by atoms with E-state index in [0.29, 0.717) is 5.69 Å². The number of aliphatic hydroxyl groups excluding tert-OH is 1. The molecule has 0 bridgehead atoms. The predicted octanol–water partition coefficient (Wildman–Crippen LogP) is -5.95. The van der Waals surface area contributed by atoms with Crippen LogP contribution in [0.25, 0.3) is 0 Å². The van der Waals surface area contributed by atoms with Crippen molar-refractivity contribution in [1.82, 2.24) is 36.6 Å². The quantitative estimate of drug-likeness (QED) is 0.0536. The number of hydrogen-bond acceptors (Lipinski definition) is 12. The molecule has 15 N–H and O–H groups in total. The number of H-pyrrole nitrogens is 1. The van der Waals surface area contributed by atoms with Gasteiger partial charge in [0.15, 0.2) is 0 Å². The lowest BCUT2D eigenvalue weighted by Gasteiger charge is -2.26. The first kappa shape index (κ1) is 41.4. The van der Waals surface area contributed by atoms with E-state index in [4.69, 9.17) is 22.3 Å². The molecule has 6 atom stereocenters. The topological polar surface area (TPSA) is 381 Å². The number of primary amides is 2. The SMILES string of the molecule is CC(C)C[C@H](NC(=O)[C@@H](N)CC(=O)O)C(=O)N[C@@H](CC(N)=O)C(=O)N[C@@H](CO)C(=O)N[C@@H](Cc1cnc[nH]1)C(=O)N[C@@H](CC(N)=O)C(=O)O. The van der Waals surface area contributed by atoms with E-state index in [0.717, 1.165) is 0 Å². The molecule has 0 aliphatic heterocycles. The summed E-state index contributed by atoms with van der Waals surface area (Å²) in [6.07, 6.45) is -0.0774. The summed E-state index contributed by atoms with van der Waals surface area (Å²) in [7, 11) is 0. The number of aliphatic hydroxyl groups is 1. The third kappa shape index (κ3) is 15.2. The third-order valence-electron chi connectivity index (χ3n) is 6.56. The summed E-state index contributed by atoms with van der Waals surface area (Å²) < 4.78 is 0. The highest BCUT2D eigenvalue weighted by Crippen LogP contribution is 2.08. The summed E-state index contributed by atoms with van der Waals surface area (Å²) in [5.74, 6) is -10.7. The fraction of sp³-hybridized carbons (Fsp3) is 0.556. The van der Waals surface area contributed by atoms with E-state index in [1.165, 1.54) is 12.5 Å². The van der Waals surface area contributed by atoms with E-state index < -0.39 is 115 Å². The lowest BCUT2D eigenvalue weighted by molar-refractivity contribution is -0.143. The molecule has 0 saturated heterocycles. The summed E-state index contributed by atoms with van der Waals surface area (Å²) in [6, 6.07) is -9.72. The average molecular weight is 699 g/mol. The van der Waals surface area contributed by atoms with Gasteiger partial charge >= 0.3 is 11.9 Å². The van der Waals surface area contributed by atoms with Crippen LogP contribution in [0.15, 0.2) is 12.5 Å². The number of nitrogens with one attached hydrogen (secondary N) is 6. The van der Waals surface area contributed by atoms with E-state index in [2.05, 4.69) is 36.6 Å². The van der Waals surface area contributed by atoms with E-state index in [-0.39, 0.29) is 18.8 Å². The predicted molar refractivity (Wildman–Crippen MR) is 164 cm³/mol. The zero-order valence-electron chi connectivity index (χ0n) is 26.6. The van der Waals surface area contributed by atoms with E-state index >= 15 is 0 Å². The van der Waals surface area contributed by atoms with Crippen molar-refractivity contribution in [2.45, 2.75) is 82.2 Å². The van der Waals surface area contributed by atoms with Crippen molar-refractivity contribution in [3.63, 3.8) is 0 Å². The van der Waals surface area contributed by atoms with Crippen LogP contribution in [0.5, 0.6) is 0 Å². The lowest BCUT2D eigenvalue weighted by Crippen LogP contribution is -2.60. The first-order valence-electron chi connectivity index (χ1n) is 14.7. The van der Waals surface area contributed by atoms with Crippen LogP contribution in [0.4, 0.5) is 0 Å². The number of aromatic nitrogens is 2. The number of carbonyl (C=O) groups is 9. The highest BCUT2D eigenvalue weighted by Gasteiger charge is 2.34. The number of nitrogens with zero attached hydrogens (tertiary/aromatic N) is 1. The zero-order chi connectivity index (χ0) is 37.4. The van der Waals surface area contributed by atoms with Crippen LogP contribution in [-0.4, -0.2) is 121 Å². The van der Waals surface area contributed by atoms with Crippen molar-refractivity contribution in [2.24, 2.45) is 23.1 Å². The first-order chi connectivity index (χ1) is 22.8. The molecule has 22 heteroatoms. The number of imidazole rings is 1. The molecule has 1 aromatic rings. The van der Waals surface area contributed by atoms with Crippen molar-refractivity contribution in [1.29, 1.82) is 0 Å². The fourth-order valence-electron chi connectivity index (χ4n) is 4.18. The minimum atomic E-state index is -1.81. The molecule has 1 rings (SSSR count). The molecule has 0 aromatic carbocycles. The standard InChI is InChI=1S/C27H42N10O12/c1-11(2)3-14(33-22(43)13(28)5-21(41)42)23(44)35-16(6-19(29)39)25(46)37-18(9-38)26(47)34-15(4-12-8-31-10-32-12)24(45)36-17(27(48)49)7-20(30)40/h8,10-11,13-18,38H,3-7,9,28H2,1-2H3,(H2,29,39)(H2,30,40)(H,31,32)(H,33,43)(H,34,47)(H,35,44)(H,36,45)(H,37,46)(H,41,42)(H,48,49)/t13-,14-,15-,16-,17-,18-/m0/s1. The van der Waals surface area contributed by atoms with Gasteiger partial charge < -0.3 is 64.1 Å². The Balaban J connectivity index is 3.17. The van der Waals surface area contributed by atoms with Gasteiger partial charge in [0, 0.05) is 18.3 Å². The number of aliphatic carboxylic acids is 2. The number of carbonyl (C=O) groups excluding carboxylic acids is 7. The van der Waals surface area contributed by atoms with Crippen LogP contribution in [0.3, 0.4) is 0 Å².